The van der Waals surface area contributed by atoms with E-state index in [1.54, 1.807) is 20.8 Å². The van der Waals surface area contributed by atoms with Crippen molar-refractivity contribution in [2.75, 3.05) is 18.1 Å². The Morgan fingerprint density at radius 3 is 2.80 bits per heavy atom. The number of nitrogens with one attached hydrogen (secondary N) is 1. The highest BCUT2D eigenvalue weighted by atomic mass is 32.2. The van der Waals surface area contributed by atoms with Crippen LogP contribution in [0.1, 0.15) is 20.8 Å². The van der Waals surface area contributed by atoms with E-state index < -0.39 is 23.6 Å². The van der Waals surface area contributed by atoms with Gasteiger partial charge in [-0.15, -0.1) is 16.9 Å². The first kappa shape index (κ1) is 22.4. The minimum Gasteiger partial charge on any atom is -0.455 e. The fourth-order valence-corrected chi connectivity index (χ4v) is 5.22. The molecule has 2 atom stereocenters. The van der Waals surface area contributed by atoms with Crippen molar-refractivity contribution in [1.82, 2.24) is 30.4 Å². The zero-order valence-electron chi connectivity index (χ0n) is 16.8. The van der Waals surface area contributed by atoms with Crippen LogP contribution in [0.25, 0.3) is 0 Å². The topological polar surface area (TPSA) is 171 Å². The molecular weight excluding hydrogens is 432 g/mol. The number of carbonyl (C=O) groups excluding carboxylic acids is 3. The molecule has 3 heterocycles. The number of amides is 3. The predicted octanol–water partition coefficient (Wildman–Crippen LogP) is -0.728. The molecule has 1 saturated heterocycles. The summed E-state index contributed by atoms with van der Waals surface area (Å²) in [6.07, 6.45) is 0. The highest BCUT2D eigenvalue weighted by Crippen LogP contribution is 2.41. The number of thioether (sulfide) groups is 2. The van der Waals surface area contributed by atoms with Gasteiger partial charge >= 0.3 is 12.0 Å². The lowest BCUT2D eigenvalue weighted by molar-refractivity contribution is -0.157. The summed E-state index contributed by atoms with van der Waals surface area (Å²) in [5.74, 6) is 0.0812. The normalized spacial score (nSPS) is 21.2. The third-order valence-corrected chi connectivity index (χ3v) is 6.58. The van der Waals surface area contributed by atoms with Crippen molar-refractivity contribution in [3.8, 4) is 0 Å². The van der Waals surface area contributed by atoms with E-state index in [1.165, 1.54) is 33.1 Å². The molecule has 164 valence electrons. The zero-order chi connectivity index (χ0) is 22.1. The first-order chi connectivity index (χ1) is 14.1. The van der Waals surface area contributed by atoms with Crippen LogP contribution in [0.2, 0.25) is 0 Å². The Kier molecular flexibility index (Phi) is 6.57. The maximum Gasteiger partial charge on any atom is 0.355 e. The van der Waals surface area contributed by atoms with E-state index in [2.05, 4.69) is 20.8 Å². The minimum absolute atomic E-state index is 0.252. The molecule has 1 aromatic rings. The highest BCUT2D eigenvalue weighted by Gasteiger charge is 2.52. The molecule has 1 unspecified atom stereocenters. The third kappa shape index (κ3) is 4.87. The van der Waals surface area contributed by atoms with Crippen LogP contribution in [0.5, 0.6) is 0 Å². The molecule has 12 nitrogen and oxygen atoms in total. The smallest absolute Gasteiger partial charge is 0.355 e. The number of rotatable bonds is 7. The summed E-state index contributed by atoms with van der Waals surface area (Å²) >= 11 is 2.83. The molecule has 0 spiro atoms. The number of nitrogens with zero attached hydrogens (tertiary/aromatic N) is 5. The summed E-state index contributed by atoms with van der Waals surface area (Å²) < 4.78 is 7.06. The second-order valence-corrected chi connectivity index (χ2v) is 9.70. The summed E-state index contributed by atoms with van der Waals surface area (Å²) in [4.78, 5) is 37.4. The van der Waals surface area contributed by atoms with Gasteiger partial charge in [-0.1, -0.05) is 11.8 Å². The van der Waals surface area contributed by atoms with Gasteiger partial charge in [-0.05, 0) is 36.8 Å². The van der Waals surface area contributed by atoms with Gasteiger partial charge in [0.1, 0.15) is 22.7 Å². The molecule has 14 heteroatoms. The molecule has 1 aromatic heterocycles. The van der Waals surface area contributed by atoms with Crippen molar-refractivity contribution < 1.29 is 19.1 Å². The lowest BCUT2D eigenvalue weighted by atomic mass is 10.0. The molecule has 5 N–H and O–H groups in total. The number of ether oxygens (including phenoxy) is 1. The molecule has 30 heavy (non-hydrogen) atoms. The largest absolute Gasteiger partial charge is 0.455 e. The summed E-state index contributed by atoms with van der Waals surface area (Å²) in [6, 6.07) is -1.25. The van der Waals surface area contributed by atoms with Crippen LogP contribution in [0.3, 0.4) is 0 Å². The van der Waals surface area contributed by atoms with Gasteiger partial charge in [0.2, 0.25) is 11.1 Å². The number of hydrogen-bond acceptors (Lipinski definition) is 10. The standard InChI is InChI=1S/C16H24N8O4S2/c1-16(2,3)28-13(26)10-8(6-29-12-9(17)11(25)24(10)12)7-30-15-20-21-22-23(15)5-4-19-14(18)27/h9,12H,4-7,17H2,1-3H3,(H3,18,19,27)/t9?,12-/m1/s1. The van der Waals surface area contributed by atoms with E-state index >= 15 is 0 Å². The Balaban J connectivity index is 1.77. The number of fused-ring (bicyclic) bond motifs is 1. The van der Waals surface area contributed by atoms with E-state index in [1.807, 2.05) is 0 Å². The summed E-state index contributed by atoms with van der Waals surface area (Å²) in [5, 5.41) is 14.2. The quantitative estimate of drug-likeness (QED) is 0.270. The Bertz CT molecular complexity index is 881. The van der Waals surface area contributed by atoms with Gasteiger partial charge in [0.15, 0.2) is 0 Å². The van der Waals surface area contributed by atoms with E-state index in [9.17, 15) is 14.4 Å². The molecule has 0 aliphatic carbocycles. The van der Waals surface area contributed by atoms with E-state index in [4.69, 9.17) is 16.2 Å². The number of carbonyl (C=O) groups is 3. The number of aromatic nitrogens is 4. The Morgan fingerprint density at radius 1 is 1.40 bits per heavy atom. The molecule has 1 fully saturated rings. The van der Waals surface area contributed by atoms with E-state index in [0.717, 1.165) is 5.57 Å². The summed E-state index contributed by atoms with van der Waals surface area (Å²) in [5.41, 5.74) is 11.2. The lowest BCUT2D eigenvalue weighted by Crippen LogP contribution is -2.68. The molecule has 0 bridgehead atoms. The average Bonchev–Trinajstić information content (AvgIpc) is 3.10. The number of esters is 1. The van der Waals surface area contributed by atoms with Crippen LogP contribution in [-0.4, -0.2) is 78.1 Å². The molecule has 3 rings (SSSR count). The molecule has 2 aliphatic rings. The van der Waals surface area contributed by atoms with Gasteiger partial charge in [-0.3, -0.25) is 9.69 Å². The number of nitrogens with two attached hydrogens (primary N) is 2. The van der Waals surface area contributed by atoms with Crippen molar-refractivity contribution in [1.29, 1.82) is 0 Å². The van der Waals surface area contributed by atoms with Crippen LogP contribution in [0.15, 0.2) is 16.4 Å². The Morgan fingerprint density at radius 2 is 2.13 bits per heavy atom. The fraction of sp³-hybridized carbons (Fsp3) is 0.625. The van der Waals surface area contributed by atoms with Crippen LogP contribution in [0, 0.1) is 0 Å². The second-order valence-electron chi connectivity index (χ2n) is 7.65. The highest BCUT2D eigenvalue weighted by molar-refractivity contribution is 8.01. The fourth-order valence-electron chi connectivity index (χ4n) is 2.88. The number of tetrazole rings is 1. The zero-order valence-corrected chi connectivity index (χ0v) is 18.5. The SMILES string of the molecule is CC(C)(C)OC(=O)C1=C(CSc2nnnn2CCNC(N)=O)CS[C@@H]2C(N)C(=O)N12. The maximum absolute atomic E-state index is 12.9. The lowest BCUT2D eigenvalue weighted by Gasteiger charge is -2.48. The van der Waals surface area contributed by atoms with Gasteiger partial charge in [0, 0.05) is 18.1 Å². The summed E-state index contributed by atoms with van der Waals surface area (Å²) in [6.45, 7) is 5.93. The van der Waals surface area contributed by atoms with Crippen molar-refractivity contribution in [3.63, 3.8) is 0 Å². The number of primary amides is 1. The molecule has 2 aliphatic heterocycles. The molecular formula is C16H24N8O4S2. The van der Waals surface area contributed by atoms with Gasteiger partial charge < -0.3 is 21.5 Å². The van der Waals surface area contributed by atoms with Gasteiger partial charge in [-0.2, -0.15) is 0 Å². The molecule has 0 radical (unpaired) electrons. The third-order valence-electron chi connectivity index (χ3n) is 4.18. The van der Waals surface area contributed by atoms with Crippen molar-refractivity contribution in [2.45, 2.75) is 49.5 Å². The monoisotopic (exact) mass is 456 g/mol. The van der Waals surface area contributed by atoms with Crippen molar-refractivity contribution >= 4 is 41.4 Å². The Labute approximate surface area is 181 Å². The number of hydrogen-bond donors (Lipinski definition) is 3. The van der Waals surface area contributed by atoms with Gasteiger partial charge in [0.05, 0.1) is 6.54 Å². The Hall–Kier alpha value is -2.32. The first-order valence-corrected chi connectivity index (χ1v) is 11.2. The number of β-lactam (4-membered cyclic amide) rings is 1. The molecule has 3 amide bonds. The van der Waals surface area contributed by atoms with Crippen molar-refractivity contribution in [2.24, 2.45) is 11.5 Å². The van der Waals surface area contributed by atoms with Crippen LogP contribution in [0.4, 0.5) is 4.79 Å². The van der Waals surface area contributed by atoms with Crippen molar-refractivity contribution in [3.05, 3.63) is 11.3 Å². The van der Waals surface area contributed by atoms with Gasteiger partial charge in [-0.25, -0.2) is 14.3 Å². The van der Waals surface area contributed by atoms with Crippen LogP contribution < -0.4 is 16.8 Å². The van der Waals surface area contributed by atoms with Crippen LogP contribution >= 0.6 is 23.5 Å². The second kappa shape index (κ2) is 8.81. The summed E-state index contributed by atoms with van der Waals surface area (Å²) in [7, 11) is 0. The molecule has 0 aromatic carbocycles. The maximum atomic E-state index is 12.9. The van der Waals surface area contributed by atoms with Gasteiger partial charge in [0.25, 0.3) is 0 Å². The van der Waals surface area contributed by atoms with E-state index in [0.29, 0.717) is 23.2 Å². The first-order valence-electron chi connectivity index (χ1n) is 9.16. The van der Waals surface area contributed by atoms with E-state index in [-0.39, 0.29) is 23.5 Å². The number of urea groups is 1. The van der Waals surface area contributed by atoms with Crippen LogP contribution in [-0.2, 0) is 20.9 Å². The molecule has 0 saturated carbocycles. The average molecular weight is 457 g/mol. The predicted molar refractivity (Wildman–Crippen MR) is 110 cm³/mol. The minimum atomic E-state index is -0.698.